The van der Waals surface area contributed by atoms with Crippen molar-refractivity contribution >= 4 is 7.75 Å². The average molecular weight is 185 g/mol. The first kappa shape index (κ1) is 9.01. The molecule has 0 aliphatic rings. The summed E-state index contributed by atoms with van der Waals surface area (Å²) >= 11 is 0. The Kier molecular flexibility index (Phi) is 2.66. The van der Waals surface area contributed by atoms with Gasteiger partial charge in [-0.15, -0.1) is 6.42 Å². The molecule has 0 fully saturated rings. The SMILES string of the molecule is C#CCOP(=O)([O-])n1ccnc1. The fraction of sp³-hybridized carbons (Fsp3) is 0.167. The van der Waals surface area contributed by atoms with Gasteiger partial charge < -0.3 is 9.42 Å². The molecule has 1 atom stereocenters. The molecule has 1 unspecified atom stereocenters. The molecule has 64 valence electrons. The molecular weight excluding hydrogens is 179 g/mol. The standard InChI is InChI=1S/C6H7N2O3P/c1-2-5-11-12(9,10)8-4-3-7-6-8/h1,3-4,6H,5H2,(H,9,10)/p-1. The highest BCUT2D eigenvalue weighted by molar-refractivity contribution is 7.49. The van der Waals surface area contributed by atoms with Crippen LogP contribution >= 0.6 is 7.75 Å². The number of imidazole rings is 1. The maximum atomic E-state index is 11.1. The van der Waals surface area contributed by atoms with Crippen molar-refractivity contribution in [2.45, 2.75) is 0 Å². The van der Waals surface area contributed by atoms with E-state index in [2.05, 4.69) is 15.4 Å². The molecule has 1 rings (SSSR count). The molecule has 6 heteroatoms. The van der Waals surface area contributed by atoms with Gasteiger partial charge in [0.15, 0.2) is 0 Å². The number of nitrogens with zero attached hydrogens (tertiary/aromatic N) is 2. The van der Waals surface area contributed by atoms with Crippen LogP contribution in [0, 0.1) is 12.3 Å². The number of terminal acetylenes is 1. The van der Waals surface area contributed by atoms with E-state index in [1.807, 2.05) is 0 Å². The van der Waals surface area contributed by atoms with Crippen molar-refractivity contribution in [2.75, 3.05) is 6.61 Å². The number of hydrogen-bond acceptors (Lipinski definition) is 4. The Balaban J connectivity index is 2.75. The lowest BCUT2D eigenvalue weighted by Gasteiger charge is -2.22. The lowest BCUT2D eigenvalue weighted by atomic mass is 10.8. The van der Waals surface area contributed by atoms with Crippen molar-refractivity contribution in [1.29, 1.82) is 0 Å². The second kappa shape index (κ2) is 3.55. The molecule has 1 aromatic rings. The minimum Gasteiger partial charge on any atom is -0.761 e. The highest BCUT2D eigenvalue weighted by Crippen LogP contribution is 2.37. The summed E-state index contributed by atoms with van der Waals surface area (Å²) in [6.07, 6.45) is 8.56. The molecular formula is C6H6N2O3P-. The van der Waals surface area contributed by atoms with Gasteiger partial charge in [0.2, 0.25) is 7.75 Å². The lowest BCUT2D eigenvalue weighted by Crippen LogP contribution is -2.11. The quantitative estimate of drug-likeness (QED) is 0.485. The Hall–Kier alpha value is -1.08. The number of aromatic nitrogens is 2. The van der Waals surface area contributed by atoms with Crippen LogP contribution in [0.1, 0.15) is 0 Å². The Morgan fingerprint density at radius 3 is 3.08 bits per heavy atom. The van der Waals surface area contributed by atoms with Crippen molar-refractivity contribution < 1.29 is 14.0 Å². The van der Waals surface area contributed by atoms with E-state index in [0.717, 1.165) is 10.7 Å². The second-order valence-corrected chi connectivity index (χ2v) is 3.55. The largest absolute Gasteiger partial charge is 0.761 e. The summed E-state index contributed by atoms with van der Waals surface area (Å²) in [5, 5.41) is 0. The molecule has 0 aromatic carbocycles. The first-order valence-corrected chi connectivity index (χ1v) is 4.54. The zero-order valence-corrected chi connectivity index (χ0v) is 6.98. The molecule has 12 heavy (non-hydrogen) atoms. The molecule has 0 aliphatic heterocycles. The predicted molar refractivity (Wildman–Crippen MR) is 40.0 cm³/mol. The van der Waals surface area contributed by atoms with E-state index in [0.29, 0.717) is 0 Å². The van der Waals surface area contributed by atoms with Gasteiger partial charge in [-0.2, -0.15) is 0 Å². The Bertz CT molecular complexity index is 327. The van der Waals surface area contributed by atoms with Crippen LogP contribution in [0.5, 0.6) is 0 Å². The van der Waals surface area contributed by atoms with E-state index >= 15 is 0 Å². The van der Waals surface area contributed by atoms with Gasteiger partial charge >= 0.3 is 0 Å². The maximum Gasteiger partial charge on any atom is 0.238 e. The minimum atomic E-state index is -4.05. The molecule has 1 heterocycles. The van der Waals surface area contributed by atoms with Crippen molar-refractivity contribution in [3.63, 3.8) is 0 Å². The van der Waals surface area contributed by atoms with E-state index in [4.69, 9.17) is 6.42 Å². The predicted octanol–water partition coefficient (Wildman–Crippen LogP) is -0.151. The van der Waals surface area contributed by atoms with Crippen LogP contribution in [0.2, 0.25) is 0 Å². The van der Waals surface area contributed by atoms with Gasteiger partial charge in [0.05, 0.1) is 0 Å². The minimum absolute atomic E-state index is 0.265. The smallest absolute Gasteiger partial charge is 0.238 e. The van der Waals surface area contributed by atoms with Crippen LogP contribution in [-0.2, 0) is 9.09 Å². The first-order chi connectivity index (χ1) is 5.67. The Labute approximate surface area is 69.6 Å². The van der Waals surface area contributed by atoms with Gasteiger partial charge in [-0.05, 0) is 0 Å². The van der Waals surface area contributed by atoms with Gasteiger partial charge in [0.25, 0.3) is 0 Å². The third kappa shape index (κ3) is 1.95. The van der Waals surface area contributed by atoms with Crippen LogP contribution in [0.3, 0.4) is 0 Å². The molecule has 5 nitrogen and oxygen atoms in total. The van der Waals surface area contributed by atoms with E-state index < -0.39 is 7.75 Å². The average Bonchev–Trinajstić information content (AvgIpc) is 2.53. The summed E-state index contributed by atoms with van der Waals surface area (Å²) in [5.74, 6) is 2.06. The van der Waals surface area contributed by atoms with E-state index in [1.54, 1.807) is 0 Å². The van der Waals surface area contributed by atoms with E-state index in [-0.39, 0.29) is 6.61 Å². The van der Waals surface area contributed by atoms with Gasteiger partial charge in [-0.25, -0.2) is 4.98 Å². The molecule has 0 radical (unpaired) electrons. The van der Waals surface area contributed by atoms with Crippen LogP contribution in [-0.4, -0.2) is 15.9 Å². The molecule has 0 N–H and O–H groups in total. The van der Waals surface area contributed by atoms with E-state index in [9.17, 15) is 9.46 Å². The van der Waals surface area contributed by atoms with Crippen molar-refractivity contribution in [3.8, 4) is 12.3 Å². The topological polar surface area (TPSA) is 67.2 Å². The van der Waals surface area contributed by atoms with Gasteiger partial charge in [0.1, 0.15) is 12.9 Å². The van der Waals surface area contributed by atoms with Crippen molar-refractivity contribution in [3.05, 3.63) is 18.7 Å². The summed E-state index contributed by atoms with van der Waals surface area (Å²) < 4.78 is 16.4. The monoisotopic (exact) mass is 185 g/mol. The van der Waals surface area contributed by atoms with Crippen LogP contribution in [0.25, 0.3) is 0 Å². The normalized spacial score (nSPS) is 15.0. The maximum absolute atomic E-state index is 11.1. The van der Waals surface area contributed by atoms with Gasteiger partial charge in [0, 0.05) is 12.4 Å². The zero-order valence-electron chi connectivity index (χ0n) is 6.08. The molecule has 0 amide bonds. The number of hydrogen-bond donors (Lipinski definition) is 0. The Morgan fingerprint density at radius 2 is 2.58 bits per heavy atom. The highest BCUT2D eigenvalue weighted by Gasteiger charge is 2.08. The van der Waals surface area contributed by atoms with E-state index in [1.165, 1.54) is 12.4 Å². The van der Waals surface area contributed by atoms with Crippen LogP contribution in [0.15, 0.2) is 18.7 Å². The van der Waals surface area contributed by atoms with Crippen LogP contribution < -0.4 is 4.89 Å². The third-order valence-corrected chi connectivity index (χ3v) is 2.34. The molecule has 0 saturated carbocycles. The molecule has 1 aromatic heterocycles. The fourth-order valence-electron chi connectivity index (χ4n) is 0.582. The van der Waals surface area contributed by atoms with Crippen LogP contribution in [0.4, 0.5) is 0 Å². The van der Waals surface area contributed by atoms with Gasteiger partial charge in [-0.1, -0.05) is 5.92 Å². The van der Waals surface area contributed by atoms with Crippen molar-refractivity contribution in [1.82, 2.24) is 9.32 Å². The second-order valence-electron chi connectivity index (χ2n) is 1.89. The summed E-state index contributed by atoms with van der Waals surface area (Å²) in [6.45, 7) is -0.265. The number of rotatable bonds is 3. The third-order valence-electron chi connectivity index (χ3n) is 1.08. The first-order valence-electron chi connectivity index (χ1n) is 3.04. The summed E-state index contributed by atoms with van der Waals surface area (Å²) in [7, 11) is -4.05. The van der Waals surface area contributed by atoms with Crippen molar-refractivity contribution in [2.24, 2.45) is 0 Å². The van der Waals surface area contributed by atoms with Gasteiger partial charge in [-0.3, -0.25) is 8.90 Å². The zero-order chi connectivity index (χ0) is 9.03. The molecule has 0 saturated heterocycles. The summed E-state index contributed by atoms with van der Waals surface area (Å²) in [5.41, 5.74) is 0. The fourth-order valence-corrected chi connectivity index (χ4v) is 1.36. The highest BCUT2D eigenvalue weighted by atomic mass is 31.2. The molecule has 0 aliphatic carbocycles. The molecule has 0 spiro atoms. The molecule has 0 bridgehead atoms. The summed E-state index contributed by atoms with van der Waals surface area (Å²) in [6, 6.07) is 0. The Morgan fingerprint density at radius 1 is 1.83 bits per heavy atom. The summed E-state index contributed by atoms with van der Waals surface area (Å²) in [4.78, 5) is 14.6. The lowest BCUT2D eigenvalue weighted by molar-refractivity contribution is -0.200.